The van der Waals surface area contributed by atoms with E-state index in [1.807, 2.05) is 0 Å². The van der Waals surface area contributed by atoms with Gasteiger partial charge < -0.3 is 10.7 Å². The van der Waals surface area contributed by atoms with Crippen molar-refractivity contribution in [1.29, 1.82) is 0 Å². The minimum Gasteiger partial charge on any atom is -0.350 e. The molecule has 2 heterocycles. The SMILES string of the molecule is Cc1cc(C(=O)NCCn2ccnn2)cc(NN)n1. The van der Waals surface area contributed by atoms with Crippen LogP contribution in [-0.2, 0) is 6.54 Å². The highest BCUT2D eigenvalue weighted by Gasteiger charge is 2.07. The van der Waals surface area contributed by atoms with Gasteiger partial charge >= 0.3 is 0 Å². The van der Waals surface area contributed by atoms with Crippen LogP contribution in [0.1, 0.15) is 16.1 Å². The van der Waals surface area contributed by atoms with Crippen molar-refractivity contribution in [2.45, 2.75) is 13.5 Å². The standard InChI is InChI=1S/C11H15N7O/c1-8-6-9(7-10(15-8)16-12)11(19)13-2-4-18-5-3-14-17-18/h3,5-7H,2,4,12H2,1H3,(H,13,19)(H,15,16). The maximum atomic E-state index is 11.9. The first kappa shape index (κ1) is 13.0. The molecule has 0 aliphatic carbocycles. The fourth-order valence-corrected chi connectivity index (χ4v) is 1.61. The van der Waals surface area contributed by atoms with Gasteiger partial charge in [0.15, 0.2) is 0 Å². The van der Waals surface area contributed by atoms with E-state index in [2.05, 4.69) is 26.0 Å². The molecule has 0 saturated heterocycles. The third-order valence-electron chi connectivity index (χ3n) is 2.46. The van der Waals surface area contributed by atoms with E-state index in [9.17, 15) is 4.79 Å². The van der Waals surface area contributed by atoms with Crippen molar-refractivity contribution in [2.75, 3.05) is 12.0 Å². The summed E-state index contributed by atoms with van der Waals surface area (Å²) in [6.45, 7) is 2.83. The molecule has 0 fully saturated rings. The molecule has 0 saturated carbocycles. The molecular weight excluding hydrogens is 246 g/mol. The predicted molar refractivity (Wildman–Crippen MR) is 69.1 cm³/mol. The van der Waals surface area contributed by atoms with E-state index in [0.717, 1.165) is 5.69 Å². The molecular formula is C11H15N7O. The van der Waals surface area contributed by atoms with Gasteiger partial charge in [-0.1, -0.05) is 5.21 Å². The Morgan fingerprint density at radius 3 is 3.00 bits per heavy atom. The molecule has 100 valence electrons. The van der Waals surface area contributed by atoms with E-state index in [4.69, 9.17) is 5.84 Å². The van der Waals surface area contributed by atoms with Gasteiger partial charge in [-0.15, -0.1) is 5.10 Å². The maximum Gasteiger partial charge on any atom is 0.251 e. The number of carbonyl (C=O) groups is 1. The lowest BCUT2D eigenvalue weighted by molar-refractivity contribution is 0.0951. The summed E-state index contributed by atoms with van der Waals surface area (Å²) in [4.78, 5) is 16.1. The van der Waals surface area contributed by atoms with E-state index in [0.29, 0.717) is 24.5 Å². The molecule has 0 unspecified atom stereocenters. The van der Waals surface area contributed by atoms with Crippen molar-refractivity contribution in [3.05, 3.63) is 35.8 Å². The van der Waals surface area contributed by atoms with Crippen LogP contribution >= 0.6 is 0 Å². The van der Waals surface area contributed by atoms with Crippen LogP contribution in [0.4, 0.5) is 5.82 Å². The number of rotatable bonds is 5. The Morgan fingerprint density at radius 1 is 1.47 bits per heavy atom. The van der Waals surface area contributed by atoms with Gasteiger partial charge in [-0.2, -0.15) is 0 Å². The monoisotopic (exact) mass is 261 g/mol. The number of pyridine rings is 1. The molecule has 0 atom stereocenters. The largest absolute Gasteiger partial charge is 0.350 e. The van der Waals surface area contributed by atoms with Crippen LogP contribution in [0.25, 0.3) is 0 Å². The van der Waals surface area contributed by atoms with E-state index < -0.39 is 0 Å². The molecule has 2 aromatic rings. The van der Waals surface area contributed by atoms with Gasteiger partial charge in [0.1, 0.15) is 5.82 Å². The number of amides is 1. The van der Waals surface area contributed by atoms with Gasteiger partial charge in [0.25, 0.3) is 5.91 Å². The summed E-state index contributed by atoms with van der Waals surface area (Å²) in [5.74, 6) is 5.57. The average Bonchev–Trinajstić information content (AvgIpc) is 2.91. The lowest BCUT2D eigenvalue weighted by Gasteiger charge is -2.07. The van der Waals surface area contributed by atoms with E-state index in [1.165, 1.54) is 0 Å². The number of aromatic nitrogens is 4. The second kappa shape index (κ2) is 5.91. The highest BCUT2D eigenvalue weighted by Crippen LogP contribution is 2.08. The average molecular weight is 261 g/mol. The topological polar surface area (TPSA) is 111 Å². The van der Waals surface area contributed by atoms with Crippen molar-refractivity contribution in [1.82, 2.24) is 25.3 Å². The molecule has 0 bridgehead atoms. The Kier molecular flexibility index (Phi) is 4.04. The number of nitrogen functional groups attached to an aromatic ring is 1. The van der Waals surface area contributed by atoms with Crippen molar-refractivity contribution in [3.8, 4) is 0 Å². The first-order valence-corrected chi connectivity index (χ1v) is 5.76. The van der Waals surface area contributed by atoms with Crippen molar-refractivity contribution in [3.63, 3.8) is 0 Å². The Hall–Kier alpha value is -2.48. The zero-order valence-electron chi connectivity index (χ0n) is 10.5. The number of aryl methyl sites for hydroxylation is 1. The molecule has 0 radical (unpaired) electrons. The molecule has 1 amide bonds. The molecule has 4 N–H and O–H groups in total. The predicted octanol–water partition coefficient (Wildman–Crippen LogP) is -0.303. The smallest absolute Gasteiger partial charge is 0.251 e. The highest BCUT2D eigenvalue weighted by molar-refractivity contribution is 5.94. The second-order valence-electron chi connectivity index (χ2n) is 3.95. The van der Waals surface area contributed by atoms with Gasteiger partial charge in [-0.05, 0) is 19.1 Å². The van der Waals surface area contributed by atoms with Crippen LogP contribution in [0.3, 0.4) is 0 Å². The van der Waals surface area contributed by atoms with Gasteiger partial charge in [-0.3, -0.25) is 9.48 Å². The fraction of sp³-hybridized carbons (Fsp3) is 0.273. The summed E-state index contributed by atoms with van der Waals surface area (Å²) in [5, 5.41) is 10.3. The summed E-state index contributed by atoms with van der Waals surface area (Å²) in [6, 6.07) is 3.30. The maximum absolute atomic E-state index is 11.9. The van der Waals surface area contributed by atoms with Crippen LogP contribution in [0.2, 0.25) is 0 Å². The van der Waals surface area contributed by atoms with E-state index >= 15 is 0 Å². The number of nitrogens with one attached hydrogen (secondary N) is 2. The van der Waals surface area contributed by atoms with Gasteiger partial charge in [-0.25, -0.2) is 10.8 Å². The summed E-state index contributed by atoms with van der Waals surface area (Å²) in [7, 11) is 0. The molecule has 0 aliphatic rings. The number of anilines is 1. The Morgan fingerprint density at radius 2 is 2.32 bits per heavy atom. The molecule has 0 aliphatic heterocycles. The Balaban J connectivity index is 1.94. The summed E-state index contributed by atoms with van der Waals surface area (Å²) in [6.07, 6.45) is 3.33. The zero-order chi connectivity index (χ0) is 13.7. The number of hydrogen-bond acceptors (Lipinski definition) is 6. The lowest BCUT2D eigenvalue weighted by atomic mass is 10.2. The molecule has 0 spiro atoms. The van der Waals surface area contributed by atoms with Crippen LogP contribution < -0.4 is 16.6 Å². The third kappa shape index (κ3) is 3.49. The normalized spacial score (nSPS) is 10.2. The molecule has 8 heteroatoms. The van der Waals surface area contributed by atoms with Crippen LogP contribution in [0, 0.1) is 6.92 Å². The van der Waals surface area contributed by atoms with Gasteiger partial charge in [0, 0.05) is 24.0 Å². The number of hydrogen-bond donors (Lipinski definition) is 3. The van der Waals surface area contributed by atoms with Crippen molar-refractivity contribution in [2.24, 2.45) is 5.84 Å². The minimum atomic E-state index is -0.179. The fourth-order valence-electron chi connectivity index (χ4n) is 1.61. The Labute approximate surface area is 110 Å². The summed E-state index contributed by atoms with van der Waals surface area (Å²) in [5.41, 5.74) is 3.66. The van der Waals surface area contributed by atoms with E-state index in [-0.39, 0.29) is 5.91 Å². The Bertz CT molecular complexity index is 552. The number of hydrazine groups is 1. The van der Waals surface area contributed by atoms with Gasteiger partial charge in [0.2, 0.25) is 0 Å². The number of nitrogens with zero attached hydrogens (tertiary/aromatic N) is 4. The minimum absolute atomic E-state index is 0.179. The molecule has 2 aromatic heterocycles. The van der Waals surface area contributed by atoms with Crippen LogP contribution in [-0.4, -0.2) is 32.4 Å². The zero-order valence-corrected chi connectivity index (χ0v) is 10.5. The van der Waals surface area contributed by atoms with Crippen molar-refractivity contribution >= 4 is 11.7 Å². The highest BCUT2D eigenvalue weighted by atomic mass is 16.1. The van der Waals surface area contributed by atoms with Gasteiger partial charge in [0.05, 0.1) is 12.7 Å². The first-order valence-electron chi connectivity index (χ1n) is 5.76. The summed E-state index contributed by atoms with van der Waals surface area (Å²) >= 11 is 0. The lowest BCUT2D eigenvalue weighted by Crippen LogP contribution is -2.27. The summed E-state index contributed by atoms with van der Waals surface area (Å²) < 4.78 is 1.64. The van der Waals surface area contributed by atoms with E-state index in [1.54, 1.807) is 36.1 Å². The molecule has 8 nitrogen and oxygen atoms in total. The van der Waals surface area contributed by atoms with Crippen LogP contribution in [0.15, 0.2) is 24.5 Å². The number of carbonyl (C=O) groups excluding carboxylic acids is 1. The van der Waals surface area contributed by atoms with Crippen molar-refractivity contribution < 1.29 is 4.79 Å². The molecule has 19 heavy (non-hydrogen) atoms. The molecule has 0 aromatic carbocycles. The third-order valence-corrected chi connectivity index (χ3v) is 2.46. The first-order chi connectivity index (χ1) is 9.19. The quantitative estimate of drug-likeness (QED) is 0.503. The second-order valence-corrected chi connectivity index (χ2v) is 3.95. The number of nitrogens with two attached hydrogens (primary N) is 1. The molecule has 2 rings (SSSR count). The van der Waals surface area contributed by atoms with Crippen LogP contribution in [0.5, 0.6) is 0 Å².